The maximum absolute atomic E-state index is 15.3. The summed E-state index contributed by atoms with van der Waals surface area (Å²) in [4.78, 5) is 0. The maximum atomic E-state index is 15.3. The second-order valence-corrected chi connectivity index (χ2v) is 11.1. The zero-order valence-corrected chi connectivity index (χ0v) is 23.1. The van der Waals surface area contributed by atoms with Gasteiger partial charge in [0.15, 0.2) is 11.6 Å². The Balaban J connectivity index is 1.25. The van der Waals surface area contributed by atoms with E-state index in [1.54, 1.807) is 30.3 Å². The zero-order chi connectivity index (χ0) is 28.1. The van der Waals surface area contributed by atoms with E-state index in [4.69, 9.17) is 4.74 Å². The molecule has 0 spiro atoms. The van der Waals surface area contributed by atoms with Crippen molar-refractivity contribution in [3.63, 3.8) is 0 Å². The van der Waals surface area contributed by atoms with Crippen LogP contribution in [0.2, 0.25) is 0 Å². The smallest absolute Gasteiger partial charge is 0.201 e. The van der Waals surface area contributed by atoms with Crippen molar-refractivity contribution in [2.75, 3.05) is 6.61 Å². The molecule has 1 fully saturated rings. The minimum Gasteiger partial charge on any atom is -0.486 e. The lowest BCUT2D eigenvalue weighted by Gasteiger charge is -2.35. The molecule has 1 unspecified atom stereocenters. The van der Waals surface area contributed by atoms with Crippen LogP contribution in [0.4, 0.5) is 13.2 Å². The molecule has 4 heteroatoms. The fourth-order valence-electron chi connectivity index (χ4n) is 6.42. The van der Waals surface area contributed by atoms with E-state index < -0.39 is 11.6 Å². The first-order valence-electron chi connectivity index (χ1n) is 14.4. The average molecular weight is 543 g/mol. The van der Waals surface area contributed by atoms with Crippen LogP contribution in [0.25, 0.3) is 27.8 Å². The fraction of sp³-hybridized carbons (Fsp3) is 0.333. The fourth-order valence-corrected chi connectivity index (χ4v) is 6.42. The minimum absolute atomic E-state index is 0.0930. The normalized spacial score (nSPS) is 21.3. The Kier molecular flexibility index (Phi) is 8.94. The highest BCUT2D eigenvalue weighted by Crippen LogP contribution is 2.42. The zero-order valence-electron chi connectivity index (χ0n) is 23.1. The molecule has 2 aliphatic rings. The van der Waals surface area contributed by atoms with Gasteiger partial charge in [0.25, 0.3) is 0 Å². The Labute approximate surface area is 236 Å². The summed E-state index contributed by atoms with van der Waals surface area (Å²) in [5.74, 6) is -0.105. The molecule has 0 aromatic heterocycles. The van der Waals surface area contributed by atoms with Gasteiger partial charge in [-0.1, -0.05) is 67.3 Å². The molecule has 3 aromatic rings. The van der Waals surface area contributed by atoms with Gasteiger partial charge in [-0.25, -0.2) is 8.78 Å². The van der Waals surface area contributed by atoms with Crippen LogP contribution in [0.5, 0.6) is 5.75 Å². The van der Waals surface area contributed by atoms with E-state index >= 15 is 4.39 Å². The minimum atomic E-state index is -1.03. The third-order valence-electron chi connectivity index (χ3n) is 8.65. The number of ether oxygens (including phenoxy) is 1. The van der Waals surface area contributed by atoms with Crippen LogP contribution in [0.1, 0.15) is 57.4 Å². The Bertz CT molecular complexity index is 1390. The molecule has 40 heavy (non-hydrogen) atoms. The van der Waals surface area contributed by atoms with E-state index in [0.717, 1.165) is 47.8 Å². The summed E-state index contributed by atoms with van der Waals surface area (Å²) in [6, 6.07) is 15.4. The molecule has 1 atom stereocenters. The van der Waals surface area contributed by atoms with Crippen LogP contribution in [0, 0.1) is 35.2 Å². The van der Waals surface area contributed by atoms with Crippen molar-refractivity contribution in [3.05, 3.63) is 108 Å². The third kappa shape index (κ3) is 6.11. The Morgan fingerprint density at radius 1 is 0.800 bits per heavy atom. The quantitative estimate of drug-likeness (QED) is 0.257. The van der Waals surface area contributed by atoms with Gasteiger partial charge in [-0.2, -0.15) is 4.39 Å². The Hall–Kier alpha value is -3.53. The standard InChI is InChI=1S/C36H37F3O/c1-3-5-24-6-8-25(9-7-24)26-10-14-28(15-11-26)31-19-18-30(23-33(31)37)27-12-16-29(17-13-27)32-20-21-34(40-22-4-2)36(39)35(32)38/h3-5,12-14,16-21,23-26H,2,6-11,15,22H2,1H3. The van der Waals surface area contributed by atoms with Gasteiger partial charge in [-0.3, -0.25) is 0 Å². The number of rotatable bonds is 8. The van der Waals surface area contributed by atoms with Crippen LogP contribution in [-0.2, 0) is 0 Å². The van der Waals surface area contributed by atoms with Crippen LogP contribution in [0.3, 0.4) is 0 Å². The van der Waals surface area contributed by atoms with Gasteiger partial charge in [0, 0.05) is 11.1 Å². The summed E-state index contributed by atoms with van der Waals surface area (Å²) in [5.41, 5.74) is 4.03. The van der Waals surface area contributed by atoms with E-state index in [0.29, 0.717) is 17.0 Å². The number of benzene rings is 3. The van der Waals surface area contributed by atoms with Gasteiger partial charge in [0.2, 0.25) is 5.82 Å². The third-order valence-corrected chi connectivity index (χ3v) is 8.65. The maximum Gasteiger partial charge on any atom is 0.201 e. The second kappa shape index (κ2) is 12.8. The van der Waals surface area contributed by atoms with E-state index in [2.05, 4.69) is 31.7 Å². The van der Waals surface area contributed by atoms with Gasteiger partial charge in [0.1, 0.15) is 12.4 Å². The molecule has 0 radical (unpaired) electrons. The highest BCUT2D eigenvalue weighted by Gasteiger charge is 2.28. The average Bonchev–Trinajstić information content (AvgIpc) is 2.99. The predicted octanol–water partition coefficient (Wildman–Crippen LogP) is 10.6. The summed E-state index contributed by atoms with van der Waals surface area (Å²) in [6.45, 7) is 5.72. The number of hydrogen-bond donors (Lipinski definition) is 0. The first kappa shape index (κ1) is 28.0. The summed E-state index contributed by atoms with van der Waals surface area (Å²) >= 11 is 0. The molecule has 0 amide bonds. The molecule has 1 saturated carbocycles. The summed E-state index contributed by atoms with van der Waals surface area (Å²) < 4.78 is 49.6. The lowest BCUT2D eigenvalue weighted by molar-refractivity contribution is 0.212. The molecule has 0 aliphatic heterocycles. The van der Waals surface area contributed by atoms with Crippen molar-refractivity contribution < 1.29 is 17.9 Å². The molecule has 0 saturated heterocycles. The Morgan fingerprint density at radius 3 is 2.15 bits per heavy atom. The molecule has 1 nitrogen and oxygen atoms in total. The monoisotopic (exact) mass is 542 g/mol. The van der Waals surface area contributed by atoms with Crippen molar-refractivity contribution in [2.24, 2.45) is 17.8 Å². The van der Waals surface area contributed by atoms with Crippen molar-refractivity contribution >= 4 is 5.57 Å². The van der Waals surface area contributed by atoms with Crippen LogP contribution < -0.4 is 4.74 Å². The number of hydrogen-bond acceptors (Lipinski definition) is 1. The lowest BCUT2D eigenvalue weighted by Crippen LogP contribution is -2.22. The summed E-state index contributed by atoms with van der Waals surface area (Å²) in [6.07, 6.45) is 16.6. The van der Waals surface area contributed by atoms with Gasteiger partial charge in [-0.15, -0.1) is 0 Å². The van der Waals surface area contributed by atoms with Crippen LogP contribution in [0.15, 0.2) is 85.5 Å². The first-order chi connectivity index (χ1) is 19.5. The van der Waals surface area contributed by atoms with E-state index in [1.807, 2.05) is 12.1 Å². The molecule has 5 rings (SSSR count). The lowest BCUT2D eigenvalue weighted by atomic mass is 9.71. The molecular weight excluding hydrogens is 505 g/mol. The van der Waals surface area contributed by atoms with E-state index in [9.17, 15) is 8.78 Å². The largest absolute Gasteiger partial charge is 0.486 e. The van der Waals surface area contributed by atoms with E-state index in [1.165, 1.54) is 43.9 Å². The topological polar surface area (TPSA) is 9.23 Å². The number of halogens is 3. The van der Waals surface area contributed by atoms with Crippen LogP contribution in [-0.4, -0.2) is 6.61 Å². The van der Waals surface area contributed by atoms with Crippen LogP contribution >= 0.6 is 0 Å². The van der Waals surface area contributed by atoms with Crippen molar-refractivity contribution in [1.82, 2.24) is 0 Å². The van der Waals surface area contributed by atoms with Gasteiger partial charge in [0.05, 0.1) is 0 Å². The molecule has 0 heterocycles. The molecule has 2 aliphatic carbocycles. The highest BCUT2D eigenvalue weighted by molar-refractivity contribution is 5.74. The molecule has 0 bridgehead atoms. The van der Waals surface area contributed by atoms with Gasteiger partial charge >= 0.3 is 0 Å². The van der Waals surface area contributed by atoms with Crippen molar-refractivity contribution in [3.8, 4) is 28.0 Å². The van der Waals surface area contributed by atoms with Gasteiger partial charge in [-0.05, 0) is 110 Å². The first-order valence-corrected chi connectivity index (χ1v) is 14.4. The van der Waals surface area contributed by atoms with E-state index in [-0.39, 0.29) is 23.7 Å². The molecule has 0 N–H and O–H groups in total. The summed E-state index contributed by atoms with van der Waals surface area (Å²) in [5, 5.41) is 0. The van der Waals surface area contributed by atoms with Crippen molar-refractivity contribution in [2.45, 2.75) is 51.9 Å². The summed E-state index contributed by atoms with van der Waals surface area (Å²) in [7, 11) is 0. The molecular formula is C36H37F3O. The number of allylic oxidation sites excluding steroid dienone is 4. The Morgan fingerprint density at radius 2 is 1.50 bits per heavy atom. The molecule has 3 aromatic carbocycles. The van der Waals surface area contributed by atoms with Gasteiger partial charge < -0.3 is 4.74 Å². The highest BCUT2D eigenvalue weighted by atomic mass is 19.2. The predicted molar refractivity (Wildman–Crippen MR) is 158 cm³/mol. The SMILES string of the molecule is C=CCOc1ccc(-c2ccc(-c3ccc(C4=CCC(C5CCC(C=CC)CC5)CC4)c(F)c3)cc2)c(F)c1F. The second-order valence-electron chi connectivity index (χ2n) is 11.1. The van der Waals surface area contributed by atoms with Crippen molar-refractivity contribution in [1.29, 1.82) is 0 Å². The molecule has 208 valence electrons.